The summed E-state index contributed by atoms with van der Waals surface area (Å²) in [5, 5.41) is 0. The Balaban J connectivity index is 2.56. The largest absolute Gasteiger partial charge is 0.474 e. The maximum atomic E-state index is 5.68. The normalized spacial score (nSPS) is 11.6. The fraction of sp³-hybridized carbons (Fsp3) is 0.571. The highest BCUT2D eigenvalue weighted by atomic mass is 16.5. The van der Waals surface area contributed by atoms with Crippen LogP contribution in [0.15, 0.2) is 12.4 Å². The van der Waals surface area contributed by atoms with E-state index in [1.807, 2.05) is 13.8 Å². The van der Waals surface area contributed by atoms with Gasteiger partial charge in [-0.15, -0.1) is 5.92 Å². The van der Waals surface area contributed by atoms with Crippen molar-refractivity contribution in [3.63, 3.8) is 0 Å². The first kappa shape index (κ1) is 14.3. The summed E-state index contributed by atoms with van der Waals surface area (Å²) in [7, 11) is 0. The Morgan fingerprint density at radius 1 is 1.17 bits per heavy atom. The highest BCUT2D eigenvalue weighted by Gasteiger charge is 2.10. The molecule has 0 bridgehead atoms. The van der Waals surface area contributed by atoms with Crippen LogP contribution < -0.4 is 9.47 Å². The Morgan fingerprint density at radius 3 is 2.56 bits per heavy atom. The first-order chi connectivity index (χ1) is 8.63. The van der Waals surface area contributed by atoms with Gasteiger partial charge in [-0.05, 0) is 12.8 Å². The number of aromatic nitrogens is 2. The number of rotatable bonds is 5. The maximum Gasteiger partial charge on any atom is 0.221 e. The van der Waals surface area contributed by atoms with Crippen LogP contribution in [0.1, 0.15) is 34.1 Å². The molecule has 0 saturated heterocycles. The van der Waals surface area contributed by atoms with Gasteiger partial charge in [0.2, 0.25) is 11.8 Å². The third-order valence-electron chi connectivity index (χ3n) is 2.46. The summed E-state index contributed by atoms with van der Waals surface area (Å²) in [6.45, 7) is 8.55. The molecule has 1 rings (SSSR count). The second kappa shape index (κ2) is 7.54. The van der Waals surface area contributed by atoms with Crippen molar-refractivity contribution in [3.8, 4) is 23.6 Å². The molecule has 0 fully saturated rings. The van der Waals surface area contributed by atoms with Gasteiger partial charge in [-0.25, -0.2) is 9.97 Å². The Labute approximate surface area is 109 Å². The molecular weight excluding hydrogens is 228 g/mol. The Hall–Kier alpha value is -1.76. The van der Waals surface area contributed by atoms with Crippen molar-refractivity contribution >= 4 is 0 Å². The fourth-order valence-electron chi connectivity index (χ4n) is 1.08. The van der Waals surface area contributed by atoms with E-state index in [1.54, 1.807) is 6.07 Å². The predicted octanol–water partition coefficient (Wildman–Crippen LogP) is 2.69. The molecule has 0 radical (unpaired) electrons. The van der Waals surface area contributed by atoms with Gasteiger partial charge in [0.25, 0.3) is 0 Å². The molecule has 98 valence electrons. The third-order valence-corrected chi connectivity index (χ3v) is 2.46. The minimum absolute atomic E-state index is 0.104. The highest BCUT2D eigenvalue weighted by Crippen LogP contribution is 2.16. The minimum atomic E-state index is 0.104. The molecule has 0 aliphatic rings. The standard InChI is InChI=1S/C14H20N2O2/c1-5-6-7-8-17-13-9-14(16-10-15-13)18-12(4)11(2)3/h9-12H,5,8H2,1-4H3. The van der Waals surface area contributed by atoms with Gasteiger partial charge in [-0.1, -0.05) is 26.7 Å². The molecule has 0 spiro atoms. The molecule has 0 aromatic carbocycles. The van der Waals surface area contributed by atoms with Crippen LogP contribution in [0.25, 0.3) is 0 Å². The molecule has 0 amide bonds. The first-order valence-corrected chi connectivity index (χ1v) is 6.20. The van der Waals surface area contributed by atoms with Crippen LogP contribution in [-0.4, -0.2) is 22.7 Å². The molecule has 0 N–H and O–H groups in total. The van der Waals surface area contributed by atoms with Gasteiger partial charge in [-0.3, -0.25) is 0 Å². The molecule has 1 heterocycles. The first-order valence-electron chi connectivity index (χ1n) is 6.20. The smallest absolute Gasteiger partial charge is 0.221 e. The Morgan fingerprint density at radius 2 is 1.89 bits per heavy atom. The zero-order valence-electron chi connectivity index (χ0n) is 11.4. The lowest BCUT2D eigenvalue weighted by Gasteiger charge is -2.17. The van der Waals surface area contributed by atoms with Crippen LogP contribution in [0.3, 0.4) is 0 Å². The summed E-state index contributed by atoms with van der Waals surface area (Å²) in [6.07, 6.45) is 2.37. The second-order valence-electron chi connectivity index (χ2n) is 4.26. The van der Waals surface area contributed by atoms with Crippen LogP contribution in [0.5, 0.6) is 11.8 Å². The lowest BCUT2D eigenvalue weighted by molar-refractivity contribution is 0.162. The van der Waals surface area contributed by atoms with E-state index in [4.69, 9.17) is 9.47 Å². The van der Waals surface area contributed by atoms with Gasteiger partial charge < -0.3 is 9.47 Å². The van der Waals surface area contributed by atoms with Crippen LogP contribution in [0.2, 0.25) is 0 Å². The summed E-state index contributed by atoms with van der Waals surface area (Å²) in [5.74, 6) is 7.27. The zero-order valence-corrected chi connectivity index (χ0v) is 11.4. The molecule has 1 aromatic rings. The van der Waals surface area contributed by atoms with Gasteiger partial charge in [0.15, 0.2) is 6.61 Å². The predicted molar refractivity (Wildman–Crippen MR) is 70.5 cm³/mol. The number of hydrogen-bond acceptors (Lipinski definition) is 4. The van der Waals surface area contributed by atoms with Crippen LogP contribution in [-0.2, 0) is 0 Å². The van der Waals surface area contributed by atoms with E-state index < -0.39 is 0 Å². The Bertz CT molecular complexity index is 421. The molecule has 1 atom stereocenters. The van der Waals surface area contributed by atoms with Gasteiger partial charge in [-0.2, -0.15) is 0 Å². The second-order valence-corrected chi connectivity index (χ2v) is 4.26. The van der Waals surface area contributed by atoms with Crippen molar-refractivity contribution in [2.24, 2.45) is 5.92 Å². The molecule has 1 unspecified atom stereocenters. The van der Waals surface area contributed by atoms with Crippen molar-refractivity contribution in [1.29, 1.82) is 0 Å². The molecule has 18 heavy (non-hydrogen) atoms. The Kier molecular flexibility index (Phi) is 5.99. The monoisotopic (exact) mass is 248 g/mol. The quantitative estimate of drug-likeness (QED) is 0.751. The number of ether oxygens (including phenoxy) is 2. The van der Waals surface area contributed by atoms with E-state index in [9.17, 15) is 0 Å². The van der Waals surface area contributed by atoms with Crippen LogP contribution in [0.4, 0.5) is 0 Å². The van der Waals surface area contributed by atoms with Crippen LogP contribution >= 0.6 is 0 Å². The summed E-state index contributed by atoms with van der Waals surface area (Å²) >= 11 is 0. The summed E-state index contributed by atoms with van der Waals surface area (Å²) in [5.41, 5.74) is 0. The number of nitrogens with zero attached hydrogens (tertiary/aromatic N) is 2. The maximum absolute atomic E-state index is 5.68. The van der Waals surface area contributed by atoms with Crippen molar-refractivity contribution in [1.82, 2.24) is 9.97 Å². The molecular formula is C14H20N2O2. The number of hydrogen-bond donors (Lipinski definition) is 0. The van der Waals surface area contributed by atoms with Crippen molar-refractivity contribution < 1.29 is 9.47 Å². The van der Waals surface area contributed by atoms with Gasteiger partial charge >= 0.3 is 0 Å². The molecule has 1 aromatic heterocycles. The summed E-state index contributed by atoms with van der Waals surface area (Å²) < 4.78 is 11.1. The lowest BCUT2D eigenvalue weighted by atomic mass is 10.1. The third kappa shape index (κ3) is 5.05. The van der Waals surface area contributed by atoms with E-state index in [-0.39, 0.29) is 6.10 Å². The van der Waals surface area contributed by atoms with Crippen molar-refractivity contribution in [3.05, 3.63) is 12.4 Å². The lowest BCUT2D eigenvalue weighted by Crippen LogP contribution is -2.19. The average molecular weight is 248 g/mol. The molecule has 0 aliphatic carbocycles. The zero-order chi connectivity index (χ0) is 13.4. The van der Waals surface area contributed by atoms with E-state index in [0.717, 1.165) is 6.42 Å². The average Bonchev–Trinajstić information content (AvgIpc) is 2.35. The highest BCUT2D eigenvalue weighted by molar-refractivity contribution is 5.19. The van der Waals surface area contributed by atoms with Gasteiger partial charge in [0.1, 0.15) is 6.33 Å². The summed E-state index contributed by atoms with van der Waals surface area (Å²) in [6, 6.07) is 1.69. The van der Waals surface area contributed by atoms with E-state index in [2.05, 4.69) is 35.7 Å². The molecule has 4 nitrogen and oxygen atoms in total. The van der Waals surface area contributed by atoms with Gasteiger partial charge in [0.05, 0.1) is 12.2 Å². The van der Waals surface area contributed by atoms with Gasteiger partial charge in [0, 0.05) is 6.42 Å². The van der Waals surface area contributed by atoms with Crippen LogP contribution in [0, 0.1) is 17.8 Å². The SMILES string of the molecule is CCC#CCOc1cc(OC(C)C(C)C)ncn1. The molecule has 4 heteroatoms. The minimum Gasteiger partial charge on any atom is -0.474 e. The van der Waals surface area contributed by atoms with E-state index >= 15 is 0 Å². The summed E-state index contributed by atoms with van der Waals surface area (Å²) in [4.78, 5) is 8.06. The molecule has 0 saturated carbocycles. The fourth-order valence-corrected chi connectivity index (χ4v) is 1.08. The van der Waals surface area contributed by atoms with E-state index in [1.165, 1.54) is 6.33 Å². The topological polar surface area (TPSA) is 44.2 Å². The molecule has 0 aliphatic heterocycles. The van der Waals surface area contributed by atoms with Crippen molar-refractivity contribution in [2.75, 3.05) is 6.61 Å². The van der Waals surface area contributed by atoms with E-state index in [0.29, 0.717) is 24.3 Å². The van der Waals surface area contributed by atoms with Crippen molar-refractivity contribution in [2.45, 2.75) is 40.2 Å².